The van der Waals surface area contributed by atoms with Crippen LogP contribution in [0.3, 0.4) is 0 Å². The van der Waals surface area contributed by atoms with Crippen LogP contribution in [0, 0.1) is 10.1 Å². The summed E-state index contributed by atoms with van der Waals surface area (Å²) in [5.74, 6) is 0. The van der Waals surface area contributed by atoms with E-state index < -0.39 is 4.92 Å². The molecule has 1 aromatic carbocycles. The summed E-state index contributed by atoms with van der Waals surface area (Å²) < 4.78 is 1.47. The van der Waals surface area contributed by atoms with E-state index in [-0.39, 0.29) is 15.5 Å². The Hall–Kier alpha value is -1.47. The van der Waals surface area contributed by atoms with Gasteiger partial charge in [-0.05, 0) is 19.1 Å². The first-order valence-corrected chi connectivity index (χ1v) is 6.29. The molecule has 1 unspecified atom stereocenters. The highest BCUT2D eigenvalue weighted by Crippen LogP contribution is 2.27. The van der Waals surface area contributed by atoms with Crippen molar-refractivity contribution >= 4 is 33.2 Å². The lowest BCUT2D eigenvalue weighted by Gasteiger charge is -2.01. The number of hydrogen-bond acceptors (Lipinski definition) is 4. The molecule has 2 rings (SSSR count). The van der Waals surface area contributed by atoms with Crippen molar-refractivity contribution in [2.24, 2.45) is 0 Å². The highest BCUT2D eigenvalue weighted by atomic mass is 79.9. The minimum atomic E-state index is -0.531. The first kappa shape index (κ1) is 13.0. The van der Waals surface area contributed by atoms with Crippen molar-refractivity contribution in [3.63, 3.8) is 0 Å². The summed E-state index contributed by atoms with van der Waals surface area (Å²) in [6, 6.07) is 4.47. The van der Waals surface area contributed by atoms with E-state index in [4.69, 9.17) is 11.6 Å². The number of hydrogen-bond donors (Lipinski definition) is 0. The largest absolute Gasteiger partial charge is 0.290 e. The van der Waals surface area contributed by atoms with E-state index >= 15 is 0 Å². The van der Waals surface area contributed by atoms with Gasteiger partial charge in [-0.3, -0.25) is 10.1 Å². The van der Waals surface area contributed by atoms with Crippen LogP contribution in [-0.4, -0.2) is 19.9 Å². The molecule has 0 aliphatic heterocycles. The van der Waals surface area contributed by atoms with Crippen LogP contribution in [0.4, 0.5) is 5.69 Å². The summed E-state index contributed by atoms with van der Waals surface area (Å²) in [5, 5.41) is 18.7. The molecule has 1 atom stereocenters. The minimum Gasteiger partial charge on any atom is -0.258 e. The quantitative estimate of drug-likeness (QED) is 0.491. The molecular formula is C10H8BrClN4O2. The third-order valence-corrected chi connectivity index (χ3v) is 3.10. The second kappa shape index (κ2) is 5.03. The molecule has 0 aliphatic carbocycles. The van der Waals surface area contributed by atoms with E-state index in [0.29, 0.717) is 5.69 Å². The lowest BCUT2D eigenvalue weighted by atomic mass is 10.3. The van der Waals surface area contributed by atoms with Gasteiger partial charge in [0.1, 0.15) is 5.02 Å². The number of rotatable bonds is 3. The van der Waals surface area contributed by atoms with Crippen LogP contribution in [0.5, 0.6) is 0 Å². The van der Waals surface area contributed by atoms with Crippen molar-refractivity contribution in [1.82, 2.24) is 15.0 Å². The fourth-order valence-electron chi connectivity index (χ4n) is 1.37. The van der Waals surface area contributed by atoms with E-state index in [0.717, 1.165) is 5.69 Å². The first-order valence-electron chi connectivity index (χ1n) is 4.99. The predicted octanol–water partition coefficient (Wildman–Crippen LogP) is 3.28. The summed E-state index contributed by atoms with van der Waals surface area (Å²) >= 11 is 9.11. The van der Waals surface area contributed by atoms with E-state index in [1.165, 1.54) is 16.8 Å². The first-order chi connectivity index (χ1) is 8.49. The molecule has 6 nitrogen and oxygen atoms in total. The van der Waals surface area contributed by atoms with Gasteiger partial charge in [0.25, 0.3) is 5.69 Å². The smallest absolute Gasteiger partial charge is 0.258 e. The van der Waals surface area contributed by atoms with Gasteiger partial charge in [-0.15, -0.1) is 5.10 Å². The molecular weight excluding hydrogens is 323 g/mol. The molecule has 0 radical (unpaired) electrons. The summed E-state index contributed by atoms with van der Waals surface area (Å²) in [4.78, 5) is 10.3. The monoisotopic (exact) mass is 330 g/mol. The SMILES string of the molecule is CC(Br)c1cn(-c2ccc(Cl)c([N+](=O)[O-])c2)nn1. The van der Waals surface area contributed by atoms with Crippen molar-refractivity contribution in [3.05, 3.63) is 45.2 Å². The number of alkyl halides is 1. The standard InChI is InChI=1S/C10H8BrClN4O2/c1-6(11)9-5-15(14-13-9)7-2-3-8(12)10(4-7)16(17)18/h2-6H,1H3. The minimum absolute atomic E-state index is 0.0635. The highest BCUT2D eigenvalue weighted by molar-refractivity contribution is 9.09. The molecule has 94 valence electrons. The number of halogens is 2. The van der Waals surface area contributed by atoms with Gasteiger partial charge >= 0.3 is 0 Å². The molecule has 2 aromatic rings. The third kappa shape index (κ3) is 2.51. The molecule has 8 heteroatoms. The maximum atomic E-state index is 10.8. The van der Waals surface area contributed by atoms with Gasteiger partial charge in [0.05, 0.1) is 27.3 Å². The Kier molecular flexibility index (Phi) is 3.63. The van der Waals surface area contributed by atoms with Gasteiger partial charge in [-0.2, -0.15) is 0 Å². The van der Waals surface area contributed by atoms with Gasteiger partial charge in [-0.1, -0.05) is 32.7 Å². The molecule has 18 heavy (non-hydrogen) atoms. The van der Waals surface area contributed by atoms with Gasteiger partial charge in [0.2, 0.25) is 0 Å². The molecule has 0 saturated carbocycles. The summed E-state index contributed by atoms with van der Waals surface area (Å²) in [6.07, 6.45) is 1.70. The predicted molar refractivity (Wildman–Crippen MR) is 70.4 cm³/mol. The van der Waals surface area contributed by atoms with Crippen molar-refractivity contribution in [2.45, 2.75) is 11.8 Å². The number of nitro benzene ring substituents is 1. The second-order valence-corrected chi connectivity index (χ2v) is 5.38. The molecule has 0 bridgehead atoms. The summed E-state index contributed by atoms with van der Waals surface area (Å²) in [5.41, 5.74) is 1.13. The maximum absolute atomic E-state index is 10.8. The molecule has 0 saturated heterocycles. The van der Waals surface area contributed by atoms with Crippen LogP contribution in [0.2, 0.25) is 5.02 Å². The number of benzene rings is 1. The van der Waals surface area contributed by atoms with Crippen LogP contribution in [-0.2, 0) is 0 Å². The third-order valence-electron chi connectivity index (χ3n) is 2.31. The van der Waals surface area contributed by atoms with Gasteiger partial charge < -0.3 is 0 Å². The van der Waals surface area contributed by atoms with Crippen LogP contribution in [0.25, 0.3) is 5.69 Å². The maximum Gasteiger partial charge on any atom is 0.290 e. The molecule has 1 aromatic heterocycles. The number of aromatic nitrogens is 3. The zero-order valence-electron chi connectivity index (χ0n) is 9.25. The Labute approximate surface area is 116 Å². The lowest BCUT2D eigenvalue weighted by Crippen LogP contribution is -1.97. The Morgan fingerprint density at radius 3 is 2.83 bits per heavy atom. The second-order valence-electron chi connectivity index (χ2n) is 3.60. The summed E-state index contributed by atoms with van der Waals surface area (Å²) in [7, 11) is 0. The van der Waals surface area contributed by atoms with Crippen molar-refractivity contribution in [2.75, 3.05) is 0 Å². The van der Waals surface area contributed by atoms with E-state index in [1.54, 1.807) is 12.3 Å². The van der Waals surface area contributed by atoms with Crippen LogP contribution < -0.4 is 0 Å². The van der Waals surface area contributed by atoms with E-state index in [9.17, 15) is 10.1 Å². The van der Waals surface area contributed by atoms with Gasteiger partial charge in [0, 0.05) is 6.07 Å². The average Bonchev–Trinajstić information content (AvgIpc) is 2.78. The molecule has 1 heterocycles. The zero-order chi connectivity index (χ0) is 13.3. The fraction of sp³-hybridized carbons (Fsp3) is 0.200. The highest BCUT2D eigenvalue weighted by Gasteiger charge is 2.15. The average molecular weight is 332 g/mol. The topological polar surface area (TPSA) is 73.8 Å². The zero-order valence-corrected chi connectivity index (χ0v) is 11.6. The van der Waals surface area contributed by atoms with Crippen LogP contribution >= 0.6 is 27.5 Å². The Morgan fingerprint density at radius 1 is 1.56 bits per heavy atom. The van der Waals surface area contributed by atoms with Crippen molar-refractivity contribution in [3.8, 4) is 5.69 Å². The van der Waals surface area contributed by atoms with Crippen molar-refractivity contribution in [1.29, 1.82) is 0 Å². The van der Waals surface area contributed by atoms with E-state index in [1.807, 2.05) is 6.92 Å². The van der Waals surface area contributed by atoms with Gasteiger partial charge in [-0.25, -0.2) is 4.68 Å². The molecule has 0 amide bonds. The van der Waals surface area contributed by atoms with Crippen LogP contribution in [0.1, 0.15) is 17.4 Å². The fourth-order valence-corrected chi connectivity index (χ4v) is 1.76. The van der Waals surface area contributed by atoms with Gasteiger partial charge in [0.15, 0.2) is 0 Å². The molecule has 0 fully saturated rings. The Balaban J connectivity index is 2.44. The number of nitro groups is 1. The normalized spacial score (nSPS) is 12.4. The lowest BCUT2D eigenvalue weighted by molar-refractivity contribution is -0.384. The molecule has 0 N–H and O–H groups in total. The van der Waals surface area contributed by atoms with Crippen molar-refractivity contribution < 1.29 is 4.92 Å². The Bertz CT molecular complexity index is 599. The van der Waals surface area contributed by atoms with E-state index in [2.05, 4.69) is 26.2 Å². The molecule has 0 spiro atoms. The molecule has 0 aliphatic rings. The number of nitrogens with zero attached hydrogens (tertiary/aromatic N) is 4. The van der Waals surface area contributed by atoms with Crippen LogP contribution in [0.15, 0.2) is 24.4 Å². The summed E-state index contributed by atoms with van der Waals surface area (Å²) in [6.45, 7) is 1.92. The Morgan fingerprint density at radius 2 is 2.28 bits per heavy atom.